The maximum atomic E-state index is 16.1. The highest BCUT2D eigenvalue weighted by molar-refractivity contribution is 6.12. The van der Waals surface area contributed by atoms with Gasteiger partial charge in [0.2, 0.25) is 23.2 Å². The van der Waals surface area contributed by atoms with Crippen molar-refractivity contribution in [1.29, 1.82) is 5.26 Å². The second-order valence-electron chi connectivity index (χ2n) is 18.5. The number of urea groups is 1. The van der Waals surface area contributed by atoms with E-state index in [1.54, 1.807) is 47.6 Å². The molecule has 23 heteroatoms. The van der Waals surface area contributed by atoms with E-state index in [0.717, 1.165) is 11.0 Å². The topological polar surface area (TPSA) is 305 Å². The molecule has 2 unspecified atom stereocenters. The van der Waals surface area contributed by atoms with Gasteiger partial charge >= 0.3 is 18.1 Å². The number of nitrogens with two attached hydrogens (primary N) is 1. The Hall–Kier alpha value is -7.87. The quantitative estimate of drug-likeness (QED) is 0.0661. The normalized spacial score (nSPS) is 18.1. The van der Waals surface area contributed by atoms with E-state index in [-0.39, 0.29) is 117 Å². The number of nitriles is 1. The van der Waals surface area contributed by atoms with Crippen molar-refractivity contribution in [2.75, 3.05) is 49.5 Å². The molecular formula is C49H57FN10O12. The van der Waals surface area contributed by atoms with Gasteiger partial charge in [-0.1, -0.05) is 32.4 Å². The standard InChI is InChI=1S/C49H57FN10O12/c1-27(2)41(56-38(61)8-4-3-5-18-59-39(62)15-16-40(59)63)46(66)55-35(7-6-17-53-48(52)69)45(65)54-29-11-9-28(10-12-29)26-72-49(70)58-19-20-71-37-25-57(24-36(37)58)43-32(22-51)42-31(21-34(43)50)44(64)33(47(67)68)23-60(42)30-13-14-30/h9-12,15-16,21,23,27,30,35-37,41H,3-8,13-14,17-20,24-26H2,1-2H3,(H,54,65)(H,55,66)(H,56,61)(H,67,68)(H3,52,53,69)/t35-,36?,37+,41?/m0/s1. The number of aromatic carboxylic acids is 1. The summed E-state index contributed by atoms with van der Waals surface area (Å²) in [5.74, 6) is -5.01. The summed E-state index contributed by atoms with van der Waals surface area (Å²) in [6.45, 7) is 4.19. The SMILES string of the molecule is CC(C)C(NC(=O)CCCCCN1C(=O)C=CC1=O)C(=O)N[C@@H](CCCNC(N)=O)C(=O)Nc1ccc(COC(=O)N2CCO[C@@H]3CN(c4c(F)cc5c(=O)c(C(=O)O)cn(C6CC6)c5c4C#N)CC32)cc1. The second-order valence-corrected chi connectivity index (χ2v) is 18.5. The van der Waals surface area contributed by atoms with Crippen LogP contribution < -0.4 is 37.3 Å². The third-order valence-corrected chi connectivity index (χ3v) is 13.0. The number of carboxylic acid groups (broad SMARTS) is 1. The molecule has 7 N–H and O–H groups in total. The predicted molar refractivity (Wildman–Crippen MR) is 256 cm³/mol. The number of morpholine rings is 1. The lowest BCUT2D eigenvalue weighted by Crippen LogP contribution is -2.54. The van der Waals surface area contributed by atoms with Gasteiger partial charge in [-0.15, -0.1) is 0 Å². The minimum atomic E-state index is -1.46. The number of fused-ring (bicyclic) bond motifs is 2. The van der Waals surface area contributed by atoms with Crippen molar-refractivity contribution < 1.29 is 57.3 Å². The number of rotatable bonds is 21. The molecule has 3 aliphatic heterocycles. The van der Waals surface area contributed by atoms with Gasteiger partial charge in [0, 0.05) is 69.2 Å². The first-order chi connectivity index (χ1) is 34.4. The molecule has 0 radical (unpaired) electrons. The average molecular weight is 997 g/mol. The van der Waals surface area contributed by atoms with E-state index in [4.69, 9.17) is 15.2 Å². The van der Waals surface area contributed by atoms with Gasteiger partial charge < -0.3 is 51.0 Å². The van der Waals surface area contributed by atoms with Crippen LogP contribution in [0.2, 0.25) is 0 Å². The summed E-state index contributed by atoms with van der Waals surface area (Å²) in [5.41, 5.74) is 4.66. The summed E-state index contributed by atoms with van der Waals surface area (Å²) in [6.07, 6.45) is 5.76. The number of anilines is 2. The number of carboxylic acids is 1. The van der Waals surface area contributed by atoms with Gasteiger partial charge in [0.1, 0.15) is 41.7 Å². The molecule has 3 fully saturated rings. The van der Waals surface area contributed by atoms with Crippen LogP contribution in [0, 0.1) is 23.1 Å². The molecule has 4 heterocycles. The minimum absolute atomic E-state index is 0.0662. The molecule has 1 aliphatic carbocycles. The Morgan fingerprint density at radius 3 is 2.35 bits per heavy atom. The summed E-state index contributed by atoms with van der Waals surface area (Å²) in [6, 6.07) is 5.87. The van der Waals surface area contributed by atoms with Crippen LogP contribution in [0.4, 0.5) is 25.4 Å². The number of benzene rings is 2. The lowest BCUT2D eigenvalue weighted by molar-refractivity contribution is -0.137. The van der Waals surface area contributed by atoms with Crippen LogP contribution in [0.1, 0.15) is 92.7 Å². The molecule has 72 heavy (non-hydrogen) atoms. The highest BCUT2D eigenvalue weighted by atomic mass is 19.1. The number of carbonyl (C=O) groups is 8. The fourth-order valence-corrected chi connectivity index (χ4v) is 9.14. The molecule has 1 aromatic heterocycles. The van der Waals surface area contributed by atoms with Crippen LogP contribution in [0.15, 0.2) is 53.5 Å². The molecule has 382 valence electrons. The maximum Gasteiger partial charge on any atom is 0.410 e. The van der Waals surface area contributed by atoms with Gasteiger partial charge in [0.25, 0.3) is 11.8 Å². The second kappa shape index (κ2) is 22.9. The largest absolute Gasteiger partial charge is 0.477 e. The average Bonchev–Trinajstić information content (AvgIpc) is 4.02. The number of unbranched alkanes of at least 4 members (excludes halogenated alkanes) is 2. The molecule has 4 atom stereocenters. The number of amides is 8. The first-order valence-electron chi connectivity index (χ1n) is 23.9. The molecular weight excluding hydrogens is 940 g/mol. The fraction of sp³-hybridized carbons (Fsp3) is 0.469. The number of pyridine rings is 1. The Labute approximate surface area is 412 Å². The van der Waals surface area contributed by atoms with E-state index in [0.29, 0.717) is 43.4 Å². The molecule has 8 amide bonds. The monoisotopic (exact) mass is 996 g/mol. The van der Waals surface area contributed by atoms with E-state index in [1.807, 2.05) is 0 Å². The van der Waals surface area contributed by atoms with Gasteiger partial charge in [0.15, 0.2) is 0 Å². The number of imide groups is 1. The fourth-order valence-electron chi connectivity index (χ4n) is 9.14. The van der Waals surface area contributed by atoms with Crippen molar-refractivity contribution in [2.45, 2.75) is 102 Å². The van der Waals surface area contributed by atoms with Crippen LogP contribution in [-0.2, 0) is 40.1 Å². The number of halogens is 1. The Balaban J connectivity index is 0.939. The number of hydrogen-bond donors (Lipinski definition) is 6. The van der Waals surface area contributed by atoms with Crippen molar-refractivity contribution in [2.24, 2.45) is 11.7 Å². The summed E-state index contributed by atoms with van der Waals surface area (Å²) in [7, 11) is 0. The molecule has 7 rings (SSSR count). The highest BCUT2D eigenvalue weighted by Gasteiger charge is 2.45. The Bertz CT molecular complexity index is 2750. The van der Waals surface area contributed by atoms with Crippen molar-refractivity contribution in [1.82, 2.24) is 30.3 Å². The van der Waals surface area contributed by atoms with E-state index in [1.165, 1.54) is 23.2 Å². The molecule has 0 bridgehead atoms. The lowest BCUT2D eigenvalue weighted by Gasteiger charge is -2.35. The zero-order chi connectivity index (χ0) is 51.8. The molecule has 22 nitrogen and oxygen atoms in total. The number of nitrogens with zero attached hydrogens (tertiary/aromatic N) is 5. The Morgan fingerprint density at radius 2 is 1.69 bits per heavy atom. The number of carbonyl (C=O) groups excluding carboxylic acids is 7. The van der Waals surface area contributed by atoms with Crippen LogP contribution in [0.5, 0.6) is 0 Å². The summed E-state index contributed by atoms with van der Waals surface area (Å²) in [5, 5.41) is 30.6. The first-order valence-corrected chi connectivity index (χ1v) is 23.9. The molecule has 3 aromatic rings. The minimum Gasteiger partial charge on any atom is -0.477 e. The van der Waals surface area contributed by atoms with Crippen LogP contribution in [-0.4, -0.2) is 131 Å². The third kappa shape index (κ3) is 12.2. The molecule has 2 aromatic carbocycles. The first kappa shape index (κ1) is 52.0. The lowest BCUT2D eigenvalue weighted by atomic mass is 10.0. The molecule has 0 spiro atoms. The van der Waals surface area contributed by atoms with Crippen molar-refractivity contribution in [3.8, 4) is 6.07 Å². The number of aromatic nitrogens is 1. The van der Waals surface area contributed by atoms with Crippen LogP contribution in [0.25, 0.3) is 10.9 Å². The zero-order valence-electron chi connectivity index (χ0n) is 39.8. The number of ether oxygens (including phenoxy) is 2. The molecule has 1 saturated carbocycles. The van der Waals surface area contributed by atoms with E-state index in [2.05, 4.69) is 27.3 Å². The summed E-state index contributed by atoms with van der Waals surface area (Å²) < 4.78 is 29.3. The molecule has 4 aliphatic rings. The summed E-state index contributed by atoms with van der Waals surface area (Å²) >= 11 is 0. The van der Waals surface area contributed by atoms with Gasteiger partial charge in [-0.05, 0) is 68.2 Å². The van der Waals surface area contributed by atoms with Crippen molar-refractivity contribution in [3.63, 3.8) is 0 Å². The third-order valence-electron chi connectivity index (χ3n) is 13.0. The van der Waals surface area contributed by atoms with E-state index >= 15 is 4.39 Å². The van der Waals surface area contributed by atoms with Gasteiger partial charge in [-0.25, -0.2) is 18.8 Å². The predicted octanol–water partition coefficient (Wildman–Crippen LogP) is 2.77. The maximum absolute atomic E-state index is 16.1. The van der Waals surface area contributed by atoms with Crippen LogP contribution >= 0.6 is 0 Å². The van der Waals surface area contributed by atoms with Gasteiger partial charge in [-0.3, -0.25) is 38.6 Å². The summed E-state index contributed by atoms with van der Waals surface area (Å²) in [4.78, 5) is 118. The van der Waals surface area contributed by atoms with Crippen molar-refractivity contribution in [3.05, 3.63) is 81.4 Å². The van der Waals surface area contributed by atoms with E-state index in [9.17, 15) is 53.5 Å². The number of nitrogens with one attached hydrogen (secondary N) is 4. The zero-order valence-corrected chi connectivity index (χ0v) is 39.8. The smallest absolute Gasteiger partial charge is 0.410 e. The highest BCUT2D eigenvalue weighted by Crippen LogP contribution is 2.41. The number of primary amides is 1. The number of hydrogen-bond acceptors (Lipinski definition) is 13. The van der Waals surface area contributed by atoms with E-state index < -0.39 is 70.9 Å². The Kier molecular flexibility index (Phi) is 16.5. The molecule has 2 saturated heterocycles. The van der Waals surface area contributed by atoms with Crippen LogP contribution in [0.3, 0.4) is 0 Å². The van der Waals surface area contributed by atoms with Gasteiger partial charge in [0.05, 0.1) is 35.3 Å². The van der Waals surface area contributed by atoms with Gasteiger partial charge in [-0.2, -0.15) is 5.26 Å². The Morgan fingerprint density at radius 1 is 0.972 bits per heavy atom. The van der Waals surface area contributed by atoms with Crippen molar-refractivity contribution >= 4 is 69.9 Å².